The molecule has 33 heavy (non-hydrogen) atoms. The molecule has 11 N–H and O–H groups in total. The molecule has 1 fully saturated rings. The number of carbonyl (C=O) groups excluding carboxylic acids is 3. The lowest BCUT2D eigenvalue weighted by Gasteiger charge is -2.27. The number of nitrogens with zero attached hydrogens (tertiary/aromatic N) is 1. The lowest BCUT2D eigenvalue weighted by molar-refractivity contribution is -0.143. The van der Waals surface area contributed by atoms with Gasteiger partial charge in [0.1, 0.15) is 18.1 Å². The average molecular weight is 474 g/mol. The molecule has 14 heteroatoms. The Bertz CT molecular complexity index is 719. The number of hydrogen-bond acceptors (Lipinski definition) is 8. The molecule has 0 radical (unpaired) electrons. The van der Waals surface area contributed by atoms with Crippen molar-refractivity contribution < 1.29 is 34.5 Å². The van der Waals surface area contributed by atoms with Gasteiger partial charge in [0, 0.05) is 6.54 Å². The monoisotopic (exact) mass is 473 g/mol. The van der Waals surface area contributed by atoms with Gasteiger partial charge >= 0.3 is 5.97 Å². The van der Waals surface area contributed by atoms with Gasteiger partial charge in [-0.1, -0.05) is 0 Å². The number of aliphatic hydroxyl groups is 2. The maximum Gasteiger partial charge on any atom is 0.326 e. The van der Waals surface area contributed by atoms with Crippen molar-refractivity contribution in [3.05, 3.63) is 0 Å². The normalized spacial score (nSPS) is 19.9. The third kappa shape index (κ3) is 9.59. The van der Waals surface area contributed by atoms with Crippen LogP contribution in [0, 0.1) is 0 Å². The molecule has 6 atom stereocenters. The maximum atomic E-state index is 12.7. The van der Waals surface area contributed by atoms with E-state index in [1.165, 1.54) is 13.8 Å². The van der Waals surface area contributed by atoms with E-state index in [9.17, 15) is 34.5 Å². The van der Waals surface area contributed by atoms with Crippen molar-refractivity contribution in [2.45, 2.75) is 75.9 Å². The zero-order valence-electron chi connectivity index (χ0n) is 18.8. The quantitative estimate of drug-likeness (QED) is 0.0715. The van der Waals surface area contributed by atoms with Gasteiger partial charge in [-0.05, 0) is 46.1 Å². The van der Waals surface area contributed by atoms with Gasteiger partial charge < -0.3 is 48.1 Å². The van der Waals surface area contributed by atoms with Crippen LogP contribution in [0.15, 0.2) is 4.99 Å². The van der Waals surface area contributed by atoms with E-state index in [-0.39, 0.29) is 25.3 Å². The highest BCUT2D eigenvalue weighted by atomic mass is 16.4. The number of nitrogens with one attached hydrogen (secondary N) is 4. The summed E-state index contributed by atoms with van der Waals surface area (Å²) in [4.78, 5) is 52.9. The van der Waals surface area contributed by atoms with Crippen LogP contribution in [-0.2, 0) is 19.2 Å². The predicted octanol–water partition coefficient (Wildman–Crippen LogP) is -3.91. The third-order valence-electron chi connectivity index (χ3n) is 5.06. The second kappa shape index (κ2) is 13.5. The SMILES string of the molecule is CC(O)C(NC(=O)C1CCCN1)C(=O)NC(C(=O)NC(CCCN=C(N)N)C(=O)O)C(C)O. The Kier molecular flexibility index (Phi) is 11.5. The zero-order valence-corrected chi connectivity index (χ0v) is 18.8. The van der Waals surface area contributed by atoms with Gasteiger partial charge in [-0.3, -0.25) is 19.4 Å². The highest BCUT2D eigenvalue weighted by Crippen LogP contribution is 2.07. The van der Waals surface area contributed by atoms with Crippen molar-refractivity contribution in [1.29, 1.82) is 0 Å². The van der Waals surface area contributed by atoms with Crippen molar-refractivity contribution in [3.8, 4) is 0 Å². The van der Waals surface area contributed by atoms with Crippen LogP contribution in [0.3, 0.4) is 0 Å². The smallest absolute Gasteiger partial charge is 0.326 e. The van der Waals surface area contributed by atoms with Crippen LogP contribution >= 0.6 is 0 Å². The van der Waals surface area contributed by atoms with Gasteiger partial charge in [0.2, 0.25) is 17.7 Å². The van der Waals surface area contributed by atoms with Crippen LogP contribution in [0.2, 0.25) is 0 Å². The highest BCUT2D eigenvalue weighted by Gasteiger charge is 2.35. The van der Waals surface area contributed by atoms with Crippen molar-refractivity contribution in [2.75, 3.05) is 13.1 Å². The second-order valence-corrected chi connectivity index (χ2v) is 7.95. The molecule has 0 aromatic heterocycles. The number of hydrogen-bond donors (Lipinski definition) is 9. The molecular weight excluding hydrogens is 438 g/mol. The van der Waals surface area contributed by atoms with Crippen molar-refractivity contribution in [2.24, 2.45) is 16.5 Å². The number of aliphatic imine (C=N–C) groups is 1. The van der Waals surface area contributed by atoms with E-state index in [4.69, 9.17) is 11.5 Å². The Morgan fingerprint density at radius 2 is 1.61 bits per heavy atom. The zero-order chi connectivity index (χ0) is 25.1. The van der Waals surface area contributed by atoms with E-state index in [2.05, 4.69) is 26.3 Å². The fraction of sp³-hybridized carbons (Fsp3) is 0.737. The topological polar surface area (TPSA) is 241 Å². The molecule has 6 unspecified atom stereocenters. The summed E-state index contributed by atoms with van der Waals surface area (Å²) in [6, 6.07) is -4.72. The van der Waals surface area contributed by atoms with Crippen LogP contribution in [0.5, 0.6) is 0 Å². The van der Waals surface area contributed by atoms with Gasteiger partial charge in [0.15, 0.2) is 5.96 Å². The largest absolute Gasteiger partial charge is 0.480 e. The number of carbonyl (C=O) groups is 4. The second-order valence-electron chi connectivity index (χ2n) is 7.95. The van der Waals surface area contributed by atoms with Gasteiger partial charge in [-0.25, -0.2) is 4.79 Å². The summed E-state index contributed by atoms with van der Waals surface area (Å²) in [6.07, 6.45) is -1.06. The summed E-state index contributed by atoms with van der Waals surface area (Å²) in [5, 5.41) is 39.3. The Morgan fingerprint density at radius 3 is 2.09 bits per heavy atom. The van der Waals surface area contributed by atoms with E-state index in [1.54, 1.807) is 0 Å². The molecule has 3 amide bonds. The molecule has 14 nitrogen and oxygen atoms in total. The Labute approximate surface area is 191 Å². The summed E-state index contributed by atoms with van der Waals surface area (Å²) in [5.41, 5.74) is 10.4. The summed E-state index contributed by atoms with van der Waals surface area (Å²) < 4.78 is 0. The summed E-state index contributed by atoms with van der Waals surface area (Å²) in [7, 11) is 0. The number of carboxylic acids is 1. The molecule has 1 saturated heterocycles. The molecule has 1 aliphatic rings. The van der Waals surface area contributed by atoms with E-state index in [0.717, 1.165) is 6.42 Å². The highest BCUT2D eigenvalue weighted by molar-refractivity contribution is 5.94. The fourth-order valence-electron chi connectivity index (χ4n) is 3.24. The van der Waals surface area contributed by atoms with E-state index in [1.807, 2.05) is 0 Å². The van der Waals surface area contributed by atoms with E-state index < -0.39 is 60.1 Å². The summed E-state index contributed by atoms with van der Waals surface area (Å²) in [6.45, 7) is 3.34. The molecule has 0 aromatic rings. The van der Waals surface area contributed by atoms with Crippen molar-refractivity contribution in [1.82, 2.24) is 21.3 Å². The number of guanidine groups is 1. The Balaban J connectivity index is 2.80. The Morgan fingerprint density at radius 1 is 1.03 bits per heavy atom. The van der Waals surface area contributed by atoms with E-state index in [0.29, 0.717) is 13.0 Å². The standard InChI is InChI=1S/C19H35N7O7/c1-9(27)13(16(30)24-12(18(32)33)6-4-8-23-19(20)21)26-17(31)14(10(2)28)25-15(29)11-5-3-7-22-11/h9-14,22,27-28H,3-8H2,1-2H3,(H,24,30)(H,25,29)(H,26,31)(H,32,33)(H4,20,21,23). The van der Waals surface area contributed by atoms with Gasteiger partial charge in [0.05, 0.1) is 18.2 Å². The summed E-state index contributed by atoms with van der Waals surface area (Å²) >= 11 is 0. The lowest BCUT2D eigenvalue weighted by Crippen LogP contribution is -2.61. The first-order valence-corrected chi connectivity index (χ1v) is 10.7. The molecule has 0 bridgehead atoms. The van der Waals surface area contributed by atoms with Crippen LogP contribution in [0.1, 0.15) is 39.5 Å². The molecule has 0 spiro atoms. The van der Waals surface area contributed by atoms with Crippen LogP contribution in [0.4, 0.5) is 0 Å². The number of amides is 3. The molecule has 0 aromatic carbocycles. The number of rotatable bonds is 13. The first-order chi connectivity index (χ1) is 15.4. The van der Waals surface area contributed by atoms with Crippen LogP contribution in [-0.4, -0.2) is 94.4 Å². The lowest BCUT2D eigenvalue weighted by atomic mass is 10.1. The summed E-state index contributed by atoms with van der Waals surface area (Å²) in [5.74, 6) is -3.79. The number of aliphatic carboxylic acids is 1. The van der Waals surface area contributed by atoms with Gasteiger partial charge in [0.25, 0.3) is 0 Å². The number of aliphatic hydroxyl groups excluding tert-OH is 2. The van der Waals surface area contributed by atoms with Crippen molar-refractivity contribution >= 4 is 29.7 Å². The first-order valence-electron chi connectivity index (χ1n) is 10.7. The first kappa shape index (κ1) is 28.1. The minimum absolute atomic E-state index is 0.000918. The molecule has 1 rings (SSSR count). The minimum Gasteiger partial charge on any atom is -0.480 e. The molecular formula is C19H35N7O7. The molecule has 188 valence electrons. The van der Waals surface area contributed by atoms with E-state index >= 15 is 0 Å². The maximum absolute atomic E-state index is 12.7. The fourth-order valence-corrected chi connectivity index (χ4v) is 3.24. The van der Waals surface area contributed by atoms with Crippen LogP contribution in [0.25, 0.3) is 0 Å². The molecule has 1 aliphatic heterocycles. The molecule has 0 aliphatic carbocycles. The third-order valence-corrected chi connectivity index (χ3v) is 5.06. The average Bonchev–Trinajstić information content (AvgIpc) is 3.26. The predicted molar refractivity (Wildman–Crippen MR) is 118 cm³/mol. The number of nitrogens with two attached hydrogens (primary N) is 2. The van der Waals surface area contributed by atoms with Gasteiger partial charge in [-0.2, -0.15) is 0 Å². The van der Waals surface area contributed by atoms with Crippen LogP contribution < -0.4 is 32.7 Å². The Hall–Kier alpha value is -2.97. The number of carboxylic acid groups (broad SMARTS) is 1. The van der Waals surface area contributed by atoms with Gasteiger partial charge in [-0.15, -0.1) is 0 Å². The van der Waals surface area contributed by atoms with Crippen molar-refractivity contribution in [3.63, 3.8) is 0 Å². The molecule has 0 saturated carbocycles. The molecule has 1 heterocycles. The minimum atomic E-state index is -1.53.